The summed E-state index contributed by atoms with van der Waals surface area (Å²) in [4.78, 5) is 72.9. The lowest BCUT2D eigenvalue weighted by Crippen LogP contribution is -2.57. The number of amides is 4. The molecule has 322 valence electrons. The zero-order valence-corrected chi connectivity index (χ0v) is 36.0. The van der Waals surface area contributed by atoms with E-state index in [0.29, 0.717) is 43.8 Å². The fourth-order valence-electron chi connectivity index (χ4n) is 8.63. The van der Waals surface area contributed by atoms with Crippen molar-refractivity contribution in [3.8, 4) is 11.5 Å². The molecule has 0 radical (unpaired) electrons. The van der Waals surface area contributed by atoms with Gasteiger partial charge in [0.05, 0.1) is 50.1 Å². The highest BCUT2D eigenvalue weighted by Crippen LogP contribution is 2.58. The number of ether oxygens (including phenoxy) is 4. The van der Waals surface area contributed by atoms with Crippen LogP contribution in [-0.2, 0) is 47.0 Å². The molecule has 3 fully saturated rings. The van der Waals surface area contributed by atoms with E-state index < -0.39 is 74.1 Å². The van der Waals surface area contributed by atoms with Gasteiger partial charge >= 0.3 is 12.2 Å². The first kappa shape index (κ1) is 43.5. The second-order valence-electron chi connectivity index (χ2n) is 18.8. The monoisotopic (exact) mass is 830 g/mol. The highest BCUT2D eigenvalue weighted by molar-refractivity contribution is 7.90. The average molecular weight is 831 g/mol. The first-order valence-electron chi connectivity index (χ1n) is 20.9. The fourth-order valence-corrected chi connectivity index (χ4v) is 10.0. The minimum absolute atomic E-state index is 0.0380. The number of carbonyl (C=O) groups is 5. The number of hydrogen-bond acceptors (Lipinski definition) is 11. The Balaban J connectivity index is 1.28. The van der Waals surface area contributed by atoms with Gasteiger partial charge in [0.2, 0.25) is 21.8 Å². The number of Topliss-reactive ketones (excluding diaryl/α,β-unsaturated/α-hetero) is 1. The molecule has 3 heterocycles. The lowest BCUT2D eigenvalue weighted by atomic mass is 9.85. The molecule has 2 saturated carbocycles. The largest absolute Gasteiger partial charge is 0.497 e. The van der Waals surface area contributed by atoms with Gasteiger partial charge in [0.1, 0.15) is 23.6 Å². The number of ketones is 1. The number of cyclic esters (lactones) is 1. The Hall–Kier alpha value is -4.08. The fraction of sp³-hybridized carbons (Fsp3) is 0.738. The van der Waals surface area contributed by atoms with Crippen LogP contribution in [0.4, 0.5) is 9.59 Å². The maximum atomic E-state index is 14.7. The summed E-state index contributed by atoms with van der Waals surface area (Å²) in [5, 5.41) is 2.16. The first-order chi connectivity index (χ1) is 27.3. The number of methoxy groups -OCH3 is 1. The summed E-state index contributed by atoms with van der Waals surface area (Å²) in [6, 6.07) is 1.47. The van der Waals surface area contributed by atoms with Crippen LogP contribution < -0.4 is 19.5 Å². The lowest BCUT2D eigenvalue weighted by Gasteiger charge is -2.35. The second kappa shape index (κ2) is 16.9. The van der Waals surface area contributed by atoms with Gasteiger partial charge in [0, 0.05) is 31.0 Å². The number of sulfonamides is 1. The number of nitrogens with zero attached hydrogens (tertiary/aromatic N) is 2. The smallest absolute Gasteiger partial charge is 0.410 e. The zero-order valence-electron chi connectivity index (χ0n) is 35.1. The van der Waals surface area contributed by atoms with Crippen LogP contribution in [0.2, 0.25) is 0 Å². The predicted octanol–water partition coefficient (Wildman–Crippen LogP) is 5.61. The third-order valence-electron chi connectivity index (χ3n) is 12.5. The molecule has 4 bridgehead atoms. The molecule has 15 nitrogen and oxygen atoms in total. The summed E-state index contributed by atoms with van der Waals surface area (Å²) in [6.07, 6.45) is 3.74. The molecule has 6 rings (SSSR count). The zero-order chi connectivity index (χ0) is 42.2. The third-order valence-corrected chi connectivity index (χ3v) is 14.3. The first-order valence-corrected chi connectivity index (χ1v) is 22.4. The number of hydrogen-bond donors (Lipinski definition) is 2. The van der Waals surface area contributed by atoms with E-state index >= 15 is 0 Å². The van der Waals surface area contributed by atoms with Crippen molar-refractivity contribution in [3.05, 3.63) is 23.3 Å². The molecule has 1 saturated heterocycles. The van der Waals surface area contributed by atoms with Gasteiger partial charge in [-0.1, -0.05) is 67.2 Å². The van der Waals surface area contributed by atoms with E-state index in [9.17, 15) is 32.4 Å². The second-order valence-corrected chi connectivity index (χ2v) is 20.8. The Morgan fingerprint density at radius 1 is 1.03 bits per heavy atom. The Labute approximate surface area is 342 Å². The van der Waals surface area contributed by atoms with Crippen LogP contribution in [0.1, 0.15) is 123 Å². The molecule has 2 aliphatic carbocycles. The Morgan fingerprint density at radius 3 is 2.41 bits per heavy atom. The topological polar surface area (TPSA) is 187 Å². The molecular formula is C42H62N4O11S. The van der Waals surface area contributed by atoms with Crippen molar-refractivity contribution in [1.29, 1.82) is 0 Å². The van der Waals surface area contributed by atoms with Crippen LogP contribution in [0.15, 0.2) is 12.1 Å². The van der Waals surface area contributed by atoms with Crippen molar-refractivity contribution in [2.24, 2.45) is 22.2 Å². The normalized spacial score (nSPS) is 28.4. The van der Waals surface area contributed by atoms with Crippen molar-refractivity contribution in [1.82, 2.24) is 19.8 Å². The van der Waals surface area contributed by atoms with Gasteiger partial charge in [-0.2, -0.15) is 0 Å². The number of nitrogens with one attached hydrogen (secondary N) is 2. The van der Waals surface area contributed by atoms with Crippen LogP contribution in [0, 0.1) is 22.2 Å². The Kier molecular flexibility index (Phi) is 12.7. The van der Waals surface area contributed by atoms with E-state index in [2.05, 4.69) is 10.0 Å². The minimum atomic E-state index is -3.86. The summed E-state index contributed by atoms with van der Waals surface area (Å²) in [6.45, 7) is 12.3. The third kappa shape index (κ3) is 9.85. The molecule has 5 atom stereocenters. The standard InChI is InChI=1S/C42H62N4O11S/c1-8-27-20-42(27,37(49)44-58(52,53)30-13-14-30)21-33(47)32-18-29-23-46(32)36(48)35(40(2,3)4)43-38(50)56-25-41(5,6)15-11-9-10-12-16-55-34-19-28(54-7)17-26-22-45(24-31(26)34)39(51)57-29/h17,19,27,29-30,32,35H,8-16,18,20-25H2,1-7H3,(H,43,50)(H,44,49)/t27-,29+,32?,35+,42-/m0/s1. The number of benzene rings is 1. The van der Waals surface area contributed by atoms with Crippen LogP contribution in [0.5, 0.6) is 11.5 Å². The molecule has 0 aromatic heterocycles. The highest BCUT2D eigenvalue weighted by Gasteiger charge is 2.62. The maximum absolute atomic E-state index is 14.7. The molecule has 3 aliphatic heterocycles. The molecule has 58 heavy (non-hydrogen) atoms. The van der Waals surface area contributed by atoms with Crippen molar-refractivity contribution in [2.75, 3.05) is 26.9 Å². The van der Waals surface area contributed by atoms with Crippen LogP contribution in [0.3, 0.4) is 0 Å². The molecule has 0 spiro atoms. The predicted molar refractivity (Wildman–Crippen MR) is 213 cm³/mol. The molecule has 4 amide bonds. The summed E-state index contributed by atoms with van der Waals surface area (Å²) in [5.74, 6) is -0.659. The number of fused-ring (bicyclic) bond motifs is 3. The maximum Gasteiger partial charge on any atom is 0.410 e. The average Bonchev–Trinajstić information content (AvgIpc) is 4.05. The quantitative estimate of drug-likeness (QED) is 0.332. The molecule has 1 aromatic rings. The lowest BCUT2D eigenvalue weighted by molar-refractivity contribution is -0.142. The highest BCUT2D eigenvalue weighted by atomic mass is 32.2. The van der Waals surface area contributed by atoms with Crippen LogP contribution >= 0.6 is 0 Å². The van der Waals surface area contributed by atoms with Gasteiger partial charge in [-0.25, -0.2) is 18.0 Å². The van der Waals surface area contributed by atoms with E-state index in [1.807, 2.05) is 32.9 Å². The van der Waals surface area contributed by atoms with Crippen LogP contribution in [-0.4, -0.2) is 98.3 Å². The summed E-state index contributed by atoms with van der Waals surface area (Å²) in [7, 11) is -2.28. The van der Waals surface area contributed by atoms with E-state index in [1.54, 1.807) is 32.8 Å². The van der Waals surface area contributed by atoms with Gasteiger partial charge in [-0.05, 0) is 60.5 Å². The molecule has 1 unspecified atom stereocenters. The SMILES string of the molecule is CC[C@H]1C[C@@]1(CC(=O)C1C[C@@H]2CN1C(=O)[C@H](C(C)(C)C)NC(=O)OCC(C)(C)CCCCCCOc1cc(OC)cc3c1CN(C3)C(=O)O2)C(=O)NS(=O)(=O)C1CC1. The Morgan fingerprint density at radius 2 is 1.76 bits per heavy atom. The van der Waals surface area contributed by atoms with E-state index in [4.69, 9.17) is 18.9 Å². The van der Waals surface area contributed by atoms with Gasteiger partial charge < -0.3 is 29.2 Å². The number of rotatable bonds is 8. The Bertz CT molecular complexity index is 1870. The van der Waals surface area contributed by atoms with E-state index in [1.165, 1.54) is 4.90 Å². The van der Waals surface area contributed by atoms with Gasteiger partial charge in [-0.15, -0.1) is 0 Å². The summed E-state index contributed by atoms with van der Waals surface area (Å²) < 4.78 is 51.4. The van der Waals surface area contributed by atoms with Crippen molar-refractivity contribution < 1.29 is 51.3 Å². The number of alkyl carbamates (subject to hydrolysis) is 1. The van der Waals surface area contributed by atoms with Crippen molar-refractivity contribution >= 4 is 39.8 Å². The summed E-state index contributed by atoms with van der Waals surface area (Å²) >= 11 is 0. The molecule has 1 aromatic carbocycles. The van der Waals surface area contributed by atoms with Crippen molar-refractivity contribution in [3.63, 3.8) is 0 Å². The van der Waals surface area contributed by atoms with Crippen molar-refractivity contribution in [2.45, 2.75) is 149 Å². The molecule has 2 N–H and O–H groups in total. The van der Waals surface area contributed by atoms with E-state index in [0.717, 1.165) is 43.2 Å². The molecule has 16 heteroatoms. The molecular weight excluding hydrogens is 769 g/mol. The molecule has 5 aliphatic rings. The summed E-state index contributed by atoms with van der Waals surface area (Å²) in [5.41, 5.74) is -0.657. The van der Waals surface area contributed by atoms with Gasteiger partial charge in [0.15, 0.2) is 5.78 Å². The van der Waals surface area contributed by atoms with Crippen LogP contribution in [0.25, 0.3) is 0 Å². The number of carbonyl (C=O) groups excluding carboxylic acids is 5. The van der Waals surface area contributed by atoms with Gasteiger partial charge in [-0.3, -0.25) is 24.0 Å². The van der Waals surface area contributed by atoms with E-state index in [-0.39, 0.29) is 50.4 Å². The van der Waals surface area contributed by atoms with Gasteiger partial charge in [0.25, 0.3) is 0 Å². The minimum Gasteiger partial charge on any atom is -0.497 e.